The van der Waals surface area contributed by atoms with Crippen LogP contribution in [0.25, 0.3) is 11.1 Å². The highest BCUT2D eigenvalue weighted by Crippen LogP contribution is 2.24. The Morgan fingerprint density at radius 2 is 1.47 bits per heavy atom. The fourth-order valence-electron chi connectivity index (χ4n) is 1.63. The topological polar surface area (TPSA) is 66.8 Å². The fourth-order valence-corrected chi connectivity index (χ4v) is 1.63. The lowest BCUT2D eigenvalue weighted by atomic mass is 10.1. The average molecular weight is 258 g/mol. The van der Waals surface area contributed by atoms with Gasteiger partial charge >= 0.3 is 5.97 Å². The Labute approximate surface area is 110 Å². The number of hydrogen-bond acceptors (Lipinski definition) is 3. The van der Waals surface area contributed by atoms with Crippen LogP contribution < -0.4 is 4.74 Å². The molecule has 2 aromatic rings. The Morgan fingerprint density at radius 1 is 1.00 bits per heavy atom. The molecule has 19 heavy (non-hydrogen) atoms. The molecule has 0 heterocycles. The second-order valence-corrected chi connectivity index (χ2v) is 4.17. The van der Waals surface area contributed by atoms with Crippen LogP contribution in [0.2, 0.25) is 0 Å². The molecule has 1 atom stereocenters. The molecule has 0 bridgehead atoms. The summed E-state index contributed by atoms with van der Waals surface area (Å²) in [7, 11) is 0. The summed E-state index contributed by atoms with van der Waals surface area (Å²) in [6.45, 7) is 1.48. The first-order chi connectivity index (χ1) is 9.06. The van der Waals surface area contributed by atoms with Crippen molar-refractivity contribution >= 4 is 5.97 Å². The molecule has 4 nitrogen and oxygen atoms in total. The molecule has 98 valence electrons. The maximum Gasteiger partial charge on any atom is 0.344 e. The van der Waals surface area contributed by atoms with Gasteiger partial charge < -0.3 is 14.9 Å². The van der Waals surface area contributed by atoms with Gasteiger partial charge in [0.2, 0.25) is 0 Å². The molecular formula is C15H14O4. The second kappa shape index (κ2) is 5.44. The molecule has 0 fully saturated rings. The maximum atomic E-state index is 10.7. The minimum Gasteiger partial charge on any atom is -0.508 e. The van der Waals surface area contributed by atoms with Gasteiger partial charge in [0.1, 0.15) is 11.5 Å². The van der Waals surface area contributed by atoms with Crippen molar-refractivity contribution < 1.29 is 19.7 Å². The van der Waals surface area contributed by atoms with Gasteiger partial charge in [0.15, 0.2) is 6.10 Å². The zero-order valence-corrected chi connectivity index (χ0v) is 10.4. The molecular weight excluding hydrogens is 244 g/mol. The van der Waals surface area contributed by atoms with Crippen LogP contribution in [0.5, 0.6) is 11.5 Å². The zero-order chi connectivity index (χ0) is 13.8. The van der Waals surface area contributed by atoms with Gasteiger partial charge in [0, 0.05) is 0 Å². The number of aliphatic carboxylic acids is 1. The zero-order valence-electron chi connectivity index (χ0n) is 10.4. The van der Waals surface area contributed by atoms with Crippen molar-refractivity contribution in [1.29, 1.82) is 0 Å². The highest BCUT2D eigenvalue weighted by molar-refractivity contribution is 5.72. The molecule has 0 aliphatic carbocycles. The van der Waals surface area contributed by atoms with Crippen LogP contribution in [-0.2, 0) is 4.79 Å². The average Bonchev–Trinajstić information content (AvgIpc) is 2.40. The Hall–Kier alpha value is -2.49. The normalized spacial score (nSPS) is 11.8. The van der Waals surface area contributed by atoms with Crippen LogP contribution in [0.4, 0.5) is 0 Å². The van der Waals surface area contributed by atoms with Gasteiger partial charge in [-0.1, -0.05) is 24.3 Å². The summed E-state index contributed by atoms with van der Waals surface area (Å²) in [6, 6.07) is 14.0. The van der Waals surface area contributed by atoms with Crippen LogP contribution in [0.1, 0.15) is 6.92 Å². The molecule has 0 aromatic heterocycles. The highest BCUT2D eigenvalue weighted by Gasteiger charge is 2.12. The number of carbonyl (C=O) groups is 1. The van der Waals surface area contributed by atoms with Crippen LogP contribution in [0.15, 0.2) is 48.5 Å². The molecule has 4 heteroatoms. The van der Waals surface area contributed by atoms with E-state index in [-0.39, 0.29) is 5.75 Å². The van der Waals surface area contributed by atoms with Gasteiger partial charge in [-0.25, -0.2) is 4.79 Å². The van der Waals surface area contributed by atoms with E-state index in [1.807, 2.05) is 24.3 Å². The van der Waals surface area contributed by atoms with Crippen molar-refractivity contribution in [2.75, 3.05) is 0 Å². The van der Waals surface area contributed by atoms with Crippen molar-refractivity contribution in [2.24, 2.45) is 0 Å². The number of benzene rings is 2. The highest BCUT2D eigenvalue weighted by atomic mass is 16.5. The largest absolute Gasteiger partial charge is 0.508 e. The van der Waals surface area contributed by atoms with Gasteiger partial charge in [-0.15, -0.1) is 0 Å². The molecule has 0 aliphatic rings. The lowest BCUT2D eigenvalue weighted by Gasteiger charge is -2.10. The van der Waals surface area contributed by atoms with E-state index in [0.29, 0.717) is 5.75 Å². The summed E-state index contributed by atoms with van der Waals surface area (Å²) in [6.07, 6.45) is -0.875. The Balaban J connectivity index is 2.14. The molecule has 2 rings (SSSR count). The number of phenolic OH excluding ortho intramolecular Hbond substituents is 1. The summed E-state index contributed by atoms with van der Waals surface area (Å²) < 4.78 is 5.25. The SMILES string of the molecule is CC(Oc1ccc(-c2ccc(O)cc2)cc1)C(=O)O. The molecule has 2 aromatic carbocycles. The maximum absolute atomic E-state index is 10.7. The van der Waals surface area contributed by atoms with Crippen molar-refractivity contribution in [2.45, 2.75) is 13.0 Å². The first-order valence-electron chi connectivity index (χ1n) is 5.85. The summed E-state index contributed by atoms with van der Waals surface area (Å²) >= 11 is 0. The fraction of sp³-hybridized carbons (Fsp3) is 0.133. The molecule has 0 radical (unpaired) electrons. The minimum absolute atomic E-state index is 0.221. The van der Waals surface area contributed by atoms with Crippen LogP contribution in [0.3, 0.4) is 0 Å². The van der Waals surface area contributed by atoms with E-state index in [4.69, 9.17) is 9.84 Å². The van der Waals surface area contributed by atoms with E-state index < -0.39 is 12.1 Å². The summed E-state index contributed by atoms with van der Waals surface area (Å²) in [4.78, 5) is 10.7. The molecule has 0 aliphatic heterocycles. The number of carboxylic acid groups (broad SMARTS) is 1. The van der Waals surface area contributed by atoms with Gasteiger partial charge in [-0.3, -0.25) is 0 Å². The van der Waals surface area contributed by atoms with Crippen molar-refractivity contribution in [3.8, 4) is 22.6 Å². The van der Waals surface area contributed by atoms with Crippen molar-refractivity contribution in [3.05, 3.63) is 48.5 Å². The Bertz CT molecular complexity index is 558. The summed E-state index contributed by atoms with van der Waals surface area (Å²) in [5, 5.41) is 18.0. The molecule has 0 spiro atoms. The molecule has 0 saturated carbocycles. The first-order valence-corrected chi connectivity index (χ1v) is 5.85. The summed E-state index contributed by atoms with van der Waals surface area (Å²) in [5.41, 5.74) is 1.94. The number of aromatic hydroxyl groups is 1. The third kappa shape index (κ3) is 3.25. The number of phenols is 1. The van der Waals surface area contributed by atoms with Crippen molar-refractivity contribution in [3.63, 3.8) is 0 Å². The van der Waals surface area contributed by atoms with Gasteiger partial charge in [0.25, 0.3) is 0 Å². The van der Waals surface area contributed by atoms with Crippen LogP contribution in [-0.4, -0.2) is 22.3 Å². The lowest BCUT2D eigenvalue weighted by Crippen LogP contribution is -2.22. The van der Waals surface area contributed by atoms with Gasteiger partial charge in [-0.2, -0.15) is 0 Å². The minimum atomic E-state index is -0.998. The molecule has 2 N–H and O–H groups in total. The Morgan fingerprint density at radius 3 is 1.95 bits per heavy atom. The smallest absolute Gasteiger partial charge is 0.344 e. The van der Waals surface area contributed by atoms with E-state index in [0.717, 1.165) is 11.1 Å². The quantitative estimate of drug-likeness (QED) is 0.884. The van der Waals surface area contributed by atoms with E-state index in [9.17, 15) is 9.90 Å². The molecule has 0 saturated heterocycles. The van der Waals surface area contributed by atoms with E-state index in [1.165, 1.54) is 6.92 Å². The Kier molecular flexibility index (Phi) is 3.71. The number of carboxylic acids is 1. The monoisotopic (exact) mass is 258 g/mol. The van der Waals surface area contributed by atoms with Crippen LogP contribution in [0, 0.1) is 0 Å². The van der Waals surface area contributed by atoms with Gasteiger partial charge in [0.05, 0.1) is 0 Å². The molecule has 0 amide bonds. The third-order valence-corrected chi connectivity index (χ3v) is 2.72. The van der Waals surface area contributed by atoms with E-state index in [2.05, 4.69) is 0 Å². The standard InChI is InChI=1S/C15H14O4/c1-10(15(17)18)19-14-8-4-12(5-9-14)11-2-6-13(16)7-3-11/h2-10,16H,1H3,(H,17,18). The first kappa shape index (κ1) is 13.0. The van der Waals surface area contributed by atoms with E-state index in [1.54, 1.807) is 24.3 Å². The lowest BCUT2D eigenvalue weighted by molar-refractivity contribution is -0.144. The van der Waals surface area contributed by atoms with Crippen molar-refractivity contribution in [1.82, 2.24) is 0 Å². The number of ether oxygens (including phenoxy) is 1. The van der Waals surface area contributed by atoms with Gasteiger partial charge in [-0.05, 0) is 42.3 Å². The third-order valence-electron chi connectivity index (χ3n) is 2.72. The summed E-state index contributed by atoms with van der Waals surface area (Å²) in [5.74, 6) is -0.265. The van der Waals surface area contributed by atoms with E-state index >= 15 is 0 Å². The number of rotatable bonds is 4. The number of hydrogen-bond donors (Lipinski definition) is 2. The predicted molar refractivity (Wildman–Crippen MR) is 71.3 cm³/mol. The second-order valence-electron chi connectivity index (χ2n) is 4.17. The molecule has 1 unspecified atom stereocenters. The predicted octanol–water partition coefficient (Wildman–Crippen LogP) is 2.91. The van der Waals surface area contributed by atoms with Crippen LogP contribution >= 0.6 is 0 Å².